The molecule has 1 heterocycles. The van der Waals surface area contributed by atoms with Crippen LogP contribution >= 0.6 is 0 Å². The topological polar surface area (TPSA) is 56.1 Å². The van der Waals surface area contributed by atoms with Gasteiger partial charge in [0.05, 0.1) is 6.07 Å². The first-order chi connectivity index (χ1) is 9.23. The summed E-state index contributed by atoms with van der Waals surface area (Å²) in [5.41, 5.74) is 1.22. The van der Waals surface area contributed by atoms with E-state index in [-0.39, 0.29) is 5.91 Å². The molecule has 1 aliphatic carbocycles. The van der Waals surface area contributed by atoms with Crippen molar-refractivity contribution in [2.24, 2.45) is 5.41 Å². The molecule has 2 fully saturated rings. The lowest BCUT2D eigenvalue weighted by Gasteiger charge is -2.18. The minimum Gasteiger partial charge on any atom is -0.372 e. The fourth-order valence-electron chi connectivity index (χ4n) is 2.50. The second kappa shape index (κ2) is 4.58. The van der Waals surface area contributed by atoms with Crippen molar-refractivity contribution in [3.05, 3.63) is 24.3 Å². The minimum absolute atomic E-state index is 0.163. The molecule has 0 atom stereocenters. The summed E-state index contributed by atoms with van der Waals surface area (Å²) in [6.07, 6.45) is 3.87. The Morgan fingerprint density at radius 1 is 1.21 bits per heavy atom. The number of hydrogen-bond acceptors (Lipinski definition) is 3. The van der Waals surface area contributed by atoms with E-state index in [1.54, 1.807) is 0 Å². The van der Waals surface area contributed by atoms with E-state index in [1.807, 2.05) is 24.3 Å². The normalized spacial score (nSPS) is 19.8. The minimum atomic E-state index is -0.756. The van der Waals surface area contributed by atoms with Crippen LogP contribution in [0, 0.1) is 16.7 Å². The first kappa shape index (κ1) is 12.0. The molecule has 4 nitrogen and oxygen atoms in total. The molecule has 1 N–H and O–H groups in total. The van der Waals surface area contributed by atoms with Crippen LogP contribution in [0.25, 0.3) is 0 Å². The van der Waals surface area contributed by atoms with Crippen LogP contribution in [0.5, 0.6) is 0 Å². The summed E-state index contributed by atoms with van der Waals surface area (Å²) in [5, 5.41) is 11.8. The lowest BCUT2D eigenvalue weighted by atomic mass is 10.1. The molecule has 1 saturated heterocycles. The van der Waals surface area contributed by atoms with E-state index in [1.165, 1.54) is 18.5 Å². The van der Waals surface area contributed by atoms with Gasteiger partial charge in [-0.2, -0.15) is 5.26 Å². The van der Waals surface area contributed by atoms with Gasteiger partial charge in [-0.3, -0.25) is 4.79 Å². The molecule has 98 valence electrons. The molecule has 4 heteroatoms. The predicted molar refractivity (Wildman–Crippen MR) is 73.8 cm³/mol. The van der Waals surface area contributed by atoms with Crippen LogP contribution in [-0.4, -0.2) is 19.0 Å². The number of nitrogens with zero attached hydrogens (tertiary/aromatic N) is 2. The van der Waals surface area contributed by atoms with Crippen molar-refractivity contribution < 1.29 is 4.79 Å². The van der Waals surface area contributed by atoms with Gasteiger partial charge in [0.2, 0.25) is 5.91 Å². The van der Waals surface area contributed by atoms with Crippen molar-refractivity contribution in [3.63, 3.8) is 0 Å². The van der Waals surface area contributed by atoms with Crippen LogP contribution in [0.1, 0.15) is 25.7 Å². The summed E-state index contributed by atoms with van der Waals surface area (Å²) in [7, 11) is 0. The maximum atomic E-state index is 11.9. The number of carbonyl (C=O) groups excluding carboxylic acids is 1. The van der Waals surface area contributed by atoms with Crippen LogP contribution in [0.2, 0.25) is 0 Å². The van der Waals surface area contributed by atoms with Crippen molar-refractivity contribution in [1.29, 1.82) is 5.26 Å². The van der Waals surface area contributed by atoms with E-state index >= 15 is 0 Å². The van der Waals surface area contributed by atoms with E-state index in [0.717, 1.165) is 18.8 Å². The highest BCUT2D eigenvalue weighted by molar-refractivity contribution is 5.99. The highest BCUT2D eigenvalue weighted by Gasteiger charge is 2.50. The van der Waals surface area contributed by atoms with Crippen molar-refractivity contribution in [2.45, 2.75) is 25.7 Å². The number of nitrogens with one attached hydrogen (secondary N) is 1. The SMILES string of the molecule is N#CC1(C(=O)Nc2ccc(N3CCCC3)cc2)CC1. The number of nitriles is 1. The summed E-state index contributed by atoms with van der Waals surface area (Å²) in [4.78, 5) is 14.3. The highest BCUT2D eigenvalue weighted by atomic mass is 16.2. The third-order valence-corrected chi connectivity index (χ3v) is 4.00. The Bertz CT molecular complexity index is 519. The fraction of sp³-hybridized carbons (Fsp3) is 0.467. The zero-order valence-corrected chi connectivity index (χ0v) is 10.9. The Morgan fingerprint density at radius 2 is 1.84 bits per heavy atom. The average Bonchev–Trinajstić information content (AvgIpc) is 3.06. The molecule has 1 saturated carbocycles. The molecule has 1 amide bonds. The Morgan fingerprint density at radius 3 is 2.37 bits per heavy atom. The zero-order valence-electron chi connectivity index (χ0n) is 10.9. The predicted octanol–water partition coefficient (Wildman–Crippen LogP) is 2.53. The van der Waals surface area contributed by atoms with Crippen molar-refractivity contribution in [2.75, 3.05) is 23.3 Å². The van der Waals surface area contributed by atoms with E-state index in [4.69, 9.17) is 5.26 Å². The molecule has 0 spiro atoms. The largest absolute Gasteiger partial charge is 0.372 e. The van der Waals surface area contributed by atoms with Crippen LogP contribution in [0.3, 0.4) is 0 Å². The molecule has 0 radical (unpaired) electrons. The van der Waals surface area contributed by atoms with Gasteiger partial charge in [0.1, 0.15) is 5.41 Å². The van der Waals surface area contributed by atoms with Gasteiger partial charge in [0.25, 0.3) is 0 Å². The second-order valence-corrected chi connectivity index (χ2v) is 5.39. The summed E-state index contributed by atoms with van der Waals surface area (Å²) in [5.74, 6) is -0.163. The summed E-state index contributed by atoms with van der Waals surface area (Å²) in [6, 6.07) is 10.0. The Balaban J connectivity index is 1.66. The summed E-state index contributed by atoms with van der Waals surface area (Å²) >= 11 is 0. The lowest BCUT2D eigenvalue weighted by molar-refractivity contribution is -0.119. The quantitative estimate of drug-likeness (QED) is 0.903. The van der Waals surface area contributed by atoms with Crippen LogP contribution in [-0.2, 0) is 4.79 Å². The molecule has 0 aromatic heterocycles. The van der Waals surface area contributed by atoms with Crippen molar-refractivity contribution in [3.8, 4) is 6.07 Å². The smallest absolute Gasteiger partial charge is 0.244 e. The van der Waals surface area contributed by atoms with E-state index in [9.17, 15) is 4.79 Å². The number of carbonyl (C=O) groups is 1. The lowest BCUT2D eigenvalue weighted by Crippen LogP contribution is -2.22. The zero-order chi connectivity index (χ0) is 13.3. The Hall–Kier alpha value is -2.02. The number of amides is 1. The molecule has 1 aromatic carbocycles. The van der Waals surface area contributed by atoms with Gasteiger partial charge in [-0.15, -0.1) is 0 Å². The molecule has 0 unspecified atom stereocenters. The molecular weight excluding hydrogens is 238 g/mol. The third-order valence-electron chi connectivity index (χ3n) is 4.00. The van der Waals surface area contributed by atoms with Gasteiger partial charge in [-0.1, -0.05) is 0 Å². The van der Waals surface area contributed by atoms with Gasteiger partial charge in [-0.05, 0) is 49.9 Å². The molecule has 19 heavy (non-hydrogen) atoms. The first-order valence-corrected chi connectivity index (χ1v) is 6.81. The van der Waals surface area contributed by atoms with Crippen LogP contribution in [0.4, 0.5) is 11.4 Å². The third kappa shape index (κ3) is 2.28. The standard InChI is InChI=1S/C15H17N3O/c16-11-15(7-8-15)14(19)17-12-3-5-13(6-4-12)18-9-1-2-10-18/h3-6H,1-2,7-10H2,(H,17,19). The Kier molecular flexibility index (Phi) is 2.90. The van der Waals surface area contributed by atoms with Gasteiger partial charge < -0.3 is 10.2 Å². The number of benzene rings is 1. The van der Waals surface area contributed by atoms with Gasteiger partial charge in [-0.25, -0.2) is 0 Å². The van der Waals surface area contributed by atoms with E-state index in [2.05, 4.69) is 16.3 Å². The maximum absolute atomic E-state index is 11.9. The second-order valence-electron chi connectivity index (χ2n) is 5.39. The van der Waals surface area contributed by atoms with Crippen molar-refractivity contribution in [1.82, 2.24) is 0 Å². The molecular formula is C15H17N3O. The molecule has 3 rings (SSSR count). The maximum Gasteiger partial charge on any atom is 0.244 e. The monoisotopic (exact) mass is 255 g/mol. The van der Waals surface area contributed by atoms with E-state index in [0.29, 0.717) is 12.8 Å². The Labute approximate surface area is 113 Å². The molecule has 2 aliphatic rings. The highest BCUT2D eigenvalue weighted by Crippen LogP contribution is 2.45. The van der Waals surface area contributed by atoms with Crippen LogP contribution < -0.4 is 10.2 Å². The van der Waals surface area contributed by atoms with E-state index < -0.39 is 5.41 Å². The average molecular weight is 255 g/mol. The van der Waals surface area contributed by atoms with Gasteiger partial charge in [0, 0.05) is 24.5 Å². The van der Waals surface area contributed by atoms with Gasteiger partial charge >= 0.3 is 0 Å². The number of anilines is 2. The number of rotatable bonds is 3. The summed E-state index contributed by atoms with van der Waals surface area (Å²) < 4.78 is 0. The molecule has 0 bridgehead atoms. The van der Waals surface area contributed by atoms with Gasteiger partial charge in [0.15, 0.2) is 0 Å². The van der Waals surface area contributed by atoms with Crippen LogP contribution in [0.15, 0.2) is 24.3 Å². The summed E-state index contributed by atoms with van der Waals surface area (Å²) in [6.45, 7) is 2.23. The first-order valence-electron chi connectivity index (χ1n) is 6.81. The molecule has 1 aromatic rings. The van der Waals surface area contributed by atoms with Crippen molar-refractivity contribution >= 4 is 17.3 Å². The fourth-order valence-corrected chi connectivity index (χ4v) is 2.50. The molecule has 1 aliphatic heterocycles. The number of hydrogen-bond donors (Lipinski definition) is 1.